The van der Waals surface area contributed by atoms with Crippen LogP contribution in [0.25, 0.3) is 0 Å². The maximum absolute atomic E-state index is 12.5. The minimum Gasteiger partial charge on any atom is -0.447 e. The summed E-state index contributed by atoms with van der Waals surface area (Å²) < 4.78 is 5.52. The lowest BCUT2D eigenvalue weighted by molar-refractivity contribution is -0.159. The van der Waals surface area contributed by atoms with Crippen molar-refractivity contribution in [3.05, 3.63) is 65.7 Å². The third kappa shape index (κ3) is 4.57. The third-order valence-electron chi connectivity index (χ3n) is 4.69. The topological polar surface area (TPSA) is 66.9 Å². The van der Waals surface area contributed by atoms with Crippen molar-refractivity contribution in [2.45, 2.75) is 25.4 Å². The van der Waals surface area contributed by atoms with Crippen molar-refractivity contribution in [2.24, 2.45) is 0 Å². The van der Waals surface area contributed by atoms with Gasteiger partial charge < -0.3 is 14.5 Å². The maximum atomic E-state index is 12.5. The van der Waals surface area contributed by atoms with Gasteiger partial charge in [-0.3, -0.25) is 14.4 Å². The first kappa shape index (κ1) is 19.6. The number of rotatable bonds is 6. The van der Waals surface area contributed by atoms with Gasteiger partial charge >= 0.3 is 5.97 Å². The van der Waals surface area contributed by atoms with Gasteiger partial charge in [0.05, 0.1) is 6.42 Å². The molecule has 1 aliphatic rings. The predicted molar refractivity (Wildman–Crippen MR) is 106 cm³/mol. The lowest BCUT2D eigenvalue weighted by Gasteiger charge is -2.21. The fourth-order valence-electron chi connectivity index (χ4n) is 3.18. The Morgan fingerprint density at radius 2 is 1.75 bits per heavy atom. The van der Waals surface area contributed by atoms with Gasteiger partial charge in [0.2, 0.25) is 12.0 Å². The Kier molecular flexibility index (Phi) is 6.09. The molecule has 146 valence electrons. The second kappa shape index (κ2) is 8.69. The molecule has 0 bridgehead atoms. The first-order valence-electron chi connectivity index (χ1n) is 9.30. The fraction of sp³-hybridized carbons (Fsp3) is 0.318. The summed E-state index contributed by atoms with van der Waals surface area (Å²) in [5.41, 5.74) is 2.24. The van der Waals surface area contributed by atoms with Crippen LogP contribution < -0.4 is 4.90 Å². The van der Waals surface area contributed by atoms with Crippen LogP contribution in [-0.4, -0.2) is 43.3 Å². The summed E-state index contributed by atoms with van der Waals surface area (Å²) >= 11 is 0. The number of benzene rings is 2. The van der Waals surface area contributed by atoms with Crippen LogP contribution in [0.3, 0.4) is 0 Å². The van der Waals surface area contributed by atoms with Crippen LogP contribution in [0.4, 0.5) is 5.69 Å². The monoisotopic (exact) mass is 380 g/mol. The van der Waals surface area contributed by atoms with E-state index in [1.54, 1.807) is 43.3 Å². The molecule has 2 amide bonds. The van der Waals surface area contributed by atoms with E-state index in [1.807, 2.05) is 30.3 Å². The molecular formula is C22H24N2O4. The number of hydrogen-bond acceptors (Lipinski definition) is 4. The van der Waals surface area contributed by atoms with Crippen LogP contribution >= 0.6 is 0 Å². The molecule has 3 rings (SSSR count). The van der Waals surface area contributed by atoms with E-state index in [1.165, 1.54) is 4.90 Å². The number of carbonyl (C=O) groups excluding carboxylic acids is 3. The molecule has 2 aromatic rings. The Balaban J connectivity index is 1.67. The van der Waals surface area contributed by atoms with E-state index >= 15 is 0 Å². The van der Waals surface area contributed by atoms with Gasteiger partial charge in [0.1, 0.15) is 0 Å². The van der Waals surface area contributed by atoms with Gasteiger partial charge in [-0.15, -0.1) is 0 Å². The molecule has 1 saturated heterocycles. The maximum Gasteiger partial charge on any atom is 0.311 e. The number of ether oxygens (including phenoxy) is 1. The number of likely N-dealkylation sites (N-methyl/N-ethyl adjacent to an activating group) is 1. The van der Waals surface area contributed by atoms with Gasteiger partial charge in [-0.05, 0) is 24.1 Å². The average Bonchev–Trinajstić information content (AvgIpc) is 3.12. The van der Waals surface area contributed by atoms with Crippen molar-refractivity contribution < 1.29 is 19.1 Å². The highest BCUT2D eigenvalue weighted by Crippen LogP contribution is 2.23. The lowest BCUT2D eigenvalue weighted by Crippen LogP contribution is -2.31. The molecule has 6 nitrogen and oxygen atoms in total. The van der Waals surface area contributed by atoms with Crippen LogP contribution in [0.15, 0.2) is 54.6 Å². The van der Waals surface area contributed by atoms with Gasteiger partial charge in [0.15, 0.2) is 0 Å². The van der Waals surface area contributed by atoms with Crippen LogP contribution in [0, 0.1) is 0 Å². The van der Waals surface area contributed by atoms with Gasteiger partial charge in [0.25, 0.3) is 5.91 Å². The summed E-state index contributed by atoms with van der Waals surface area (Å²) in [6.45, 7) is 0.728. The van der Waals surface area contributed by atoms with Crippen LogP contribution in [0.1, 0.15) is 30.1 Å². The second-order valence-corrected chi connectivity index (χ2v) is 7.01. The highest BCUT2D eigenvalue weighted by Gasteiger charge is 2.26. The van der Waals surface area contributed by atoms with Gasteiger partial charge in [-0.2, -0.15) is 0 Å². The number of hydrogen-bond donors (Lipinski definition) is 0. The van der Waals surface area contributed by atoms with Crippen molar-refractivity contribution in [3.63, 3.8) is 0 Å². The molecule has 0 spiro atoms. The SMILES string of the molecule is CN(C)C(=O)[C@@H](OC(=O)Cc1ccc(N2CCCC2=O)cc1)c1ccccc1. The third-order valence-corrected chi connectivity index (χ3v) is 4.69. The summed E-state index contributed by atoms with van der Waals surface area (Å²) in [7, 11) is 3.26. The van der Waals surface area contributed by atoms with E-state index < -0.39 is 12.1 Å². The van der Waals surface area contributed by atoms with Crippen molar-refractivity contribution >= 4 is 23.5 Å². The molecule has 0 aliphatic carbocycles. The summed E-state index contributed by atoms with van der Waals surface area (Å²) in [6, 6.07) is 16.3. The molecule has 28 heavy (non-hydrogen) atoms. The van der Waals surface area contributed by atoms with Crippen molar-refractivity contribution in [3.8, 4) is 0 Å². The van der Waals surface area contributed by atoms with Crippen molar-refractivity contribution in [2.75, 3.05) is 25.5 Å². The second-order valence-electron chi connectivity index (χ2n) is 7.01. The highest BCUT2D eigenvalue weighted by molar-refractivity contribution is 5.95. The van der Waals surface area contributed by atoms with E-state index in [-0.39, 0.29) is 18.2 Å². The quantitative estimate of drug-likeness (QED) is 0.723. The Labute approximate surface area is 164 Å². The normalized spacial score (nSPS) is 14.6. The standard InChI is InChI=1S/C22H24N2O4/c1-23(2)22(27)21(17-7-4-3-5-8-17)28-20(26)15-16-10-12-18(13-11-16)24-14-6-9-19(24)25/h3-5,7-8,10-13,21H,6,9,14-15H2,1-2H3/t21-/m0/s1. The Hall–Kier alpha value is -3.15. The van der Waals surface area contributed by atoms with Crippen LogP contribution in [-0.2, 0) is 25.5 Å². The van der Waals surface area contributed by atoms with Crippen molar-refractivity contribution in [1.29, 1.82) is 0 Å². The highest BCUT2D eigenvalue weighted by atomic mass is 16.5. The summed E-state index contributed by atoms with van der Waals surface area (Å²) in [5, 5.41) is 0. The lowest BCUT2D eigenvalue weighted by atomic mass is 10.1. The summed E-state index contributed by atoms with van der Waals surface area (Å²) in [5.74, 6) is -0.642. The molecule has 2 aromatic carbocycles. The molecule has 0 N–H and O–H groups in total. The zero-order chi connectivity index (χ0) is 20.1. The van der Waals surface area contributed by atoms with E-state index in [2.05, 4.69) is 0 Å². The average molecular weight is 380 g/mol. The molecule has 1 aliphatic heterocycles. The number of carbonyl (C=O) groups is 3. The number of nitrogens with zero attached hydrogens (tertiary/aromatic N) is 2. The van der Waals surface area contributed by atoms with E-state index in [4.69, 9.17) is 4.74 Å². The number of amides is 2. The molecule has 0 aromatic heterocycles. The van der Waals surface area contributed by atoms with E-state index in [0.717, 1.165) is 24.2 Å². The molecule has 1 heterocycles. The van der Waals surface area contributed by atoms with Crippen LogP contribution in [0.5, 0.6) is 0 Å². The minimum atomic E-state index is -0.967. The molecule has 0 radical (unpaired) electrons. The molecule has 0 saturated carbocycles. The molecule has 1 atom stereocenters. The van der Waals surface area contributed by atoms with Crippen LogP contribution in [0.2, 0.25) is 0 Å². The fourth-order valence-corrected chi connectivity index (χ4v) is 3.18. The largest absolute Gasteiger partial charge is 0.447 e. The first-order chi connectivity index (χ1) is 13.5. The molecule has 1 fully saturated rings. The molecule has 0 unspecified atom stereocenters. The van der Waals surface area contributed by atoms with Gasteiger partial charge in [-0.1, -0.05) is 42.5 Å². The van der Waals surface area contributed by atoms with E-state index in [9.17, 15) is 14.4 Å². The van der Waals surface area contributed by atoms with Gasteiger partial charge in [-0.25, -0.2) is 0 Å². The zero-order valence-corrected chi connectivity index (χ0v) is 16.1. The zero-order valence-electron chi connectivity index (χ0n) is 16.1. The Morgan fingerprint density at radius 3 is 2.32 bits per heavy atom. The van der Waals surface area contributed by atoms with Gasteiger partial charge in [0, 0.05) is 38.3 Å². The molecular weight excluding hydrogens is 356 g/mol. The number of esters is 1. The van der Waals surface area contributed by atoms with Crippen molar-refractivity contribution in [1.82, 2.24) is 4.90 Å². The minimum absolute atomic E-state index is 0.0538. The Bertz CT molecular complexity index is 847. The predicted octanol–water partition coefficient (Wildman–Crippen LogP) is 2.73. The Morgan fingerprint density at radius 1 is 1.07 bits per heavy atom. The first-order valence-corrected chi connectivity index (χ1v) is 9.30. The molecule has 6 heteroatoms. The van der Waals surface area contributed by atoms with E-state index in [0.29, 0.717) is 12.0 Å². The summed E-state index contributed by atoms with van der Waals surface area (Å²) in [6.07, 6.45) is 0.533. The summed E-state index contributed by atoms with van der Waals surface area (Å²) in [4.78, 5) is 39.9. The smallest absolute Gasteiger partial charge is 0.311 e. The number of anilines is 1.